The van der Waals surface area contributed by atoms with Crippen LogP contribution in [0.25, 0.3) is 0 Å². The van der Waals surface area contributed by atoms with E-state index in [-0.39, 0.29) is 36.4 Å². The number of nitrogens with one attached hydrogen (secondary N) is 2. The van der Waals surface area contributed by atoms with Crippen LogP contribution in [0.1, 0.15) is 12.0 Å². The SMILES string of the molecule is O=C(CCN=C1NS(=O)(=O)c2ccccc21)Nc1ccc2c(c1)OCO2. The standard InChI is InChI=1S/C17H15N3O5S/c21-16(19-11-5-6-13-14(9-11)25-10-24-13)7-8-18-17-12-3-1-2-4-15(12)26(22,23)20-17/h1-6,9H,7-8,10H2,(H,18,20)(H,19,21). The van der Waals surface area contributed by atoms with Crippen molar-refractivity contribution in [2.24, 2.45) is 4.99 Å². The van der Waals surface area contributed by atoms with E-state index < -0.39 is 10.0 Å². The molecule has 0 aliphatic carbocycles. The minimum Gasteiger partial charge on any atom is -0.454 e. The van der Waals surface area contributed by atoms with Gasteiger partial charge in [-0.25, -0.2) is 8.42 Å². The Bertz CT molecular complexity index is 1020. The molecule has 2 N–H and O–H groups in total. The highest BCUT2D eigenvalue weighted by atomic mass is 32.2. The van der Waals surface area contributed by atoms with E-state index in [0.29, 0.717) is 22.7 Å². The summed E-state index contributed by atoms with van der Waals surface area (Å²) in [5, 5.41) is 2.75. The van der Waals surface area contributed by atoms with E-state index in [2.05, 4.69) is 15.0 Å². The second kappa shape index (κ2) is 6.34. The largest absolute Gasteiger partial charge is 0.454 e. The number of carbonyl (C=O) groups excluding carboxylic acids is 1. The number of amides is 1. The van der Waals surface area contributed by atoms with Crippen LogP contribution in [0.4, 0.5) is 5.69 Å². The molecule has 26 heavy (non-hydrogen) atoms. The fourth-order valence-corrected chi connectivity index (χ4v) is 3.97. The molecule has 8 nitrogen and oxygen atoms in total. The third-order valence-electron chi connectivity index (χ3n) is 3.93. The van der Waals surface area contributed by atoms with Crippen LogP contribution in [0.3, 0.4) is 0 Å². The van der Waals surface area contributed by atoms with E-state index >= 15 is 0 Å². The number of sulfonamides is 1. The molecular weight excluding hydrogens is 358 g/mol. The highest BCUT2D eigenvalue weighted by molar-refractivity contribution is 7.90. The van der Waals surface area contributed by atoms with Gasteiger partial charge in [0, 0.05) is 23.7 Å². The lowest BCUT2D eigenvalue weighted by atomic mass is 10.2. The third kappa shape index (κ3) is 3.08. The van der Waals surface area contributed by atoms with Gasteiger partial charge in [0.1, 0.15) is 5.84 Å². The fraction of sp³-hybridized carbons (Fsp3) is 0.176. The second-order valence-corrected chi connectivity index (χ2v) is 7.35. The zero-order valence-corrected chi connectivity index (χ0v) is 14.4. The maximum atomic E-state index is 12.1. The molecule has 2 aromatic rings. The van der Waals surface area contributed by atoms with Crippen LogP contribution in [-0.2, 0) is 14.8 Å². The van der Waals surface area contributed by atoms with E-state index in [1.54, 1.807) is 36.4 Å². The molecule has 4 rings (SSSR count). The third-order valence-corrected chi connectivity index (χ3v) is 5.32. The lowest BCUT2D eigenvalue weighted by Gasteiger charge is -2.05. The van der Waals surface area contributed by atoms with Crippen molar-refractivity contribution >= 4 is 27.5 Å². The van der Waals surface area contributed by atoms with Gasteiger partial charge >= 0.3 is 0 Å². The molecule has 1 amide bonds. The average molecular weight is 373 g/mol. The topological polar surface area (TPSA) is 106 Å². The van der Waals surface area contributed by atoms with Gasteiger partial charge in [0.2, 0.25) is 12.7 Å². The van der Waals surface area contributed by atoms with Crippen molar-refractivity contribution in [3.63, 3.8) is 0 Å². The van der Waals surface area contributed by atoms with Gasteiger partial charge in [0.05, 0.1) is 11.4 Å². The zero-order valence-electron chi connectivity index (χ0n) is 13.6. The van der Waals surface area contributed by atoms with E-state index in [0.717, 1.165) is 0 Å². The Labute approximate surface area is 149 Å². The number of rotatable bonds is 4. The number of fused-ring (bicyclic) bond motifs is 2. The number of carbonyl (C=O) groups is 1. The van der Waals surface area contributed by atoms with Crippen LogP contribution < -0.4 is 19.5 Å². The van der Waals surface area contributed by atoms with Gasteiger partial charge in [-0.3, -0.25) is 14.5 Å². The molecule has 0 bridgehead atoms. The normalized spacial score (nSPS) is 17.6. The Morgan fingerprint density at radius 2 is 1.96 bits per heavy atom. The van der Waals surface area contributed by atoms with Crippen LogP contribution in [-0.4, -0.2) is 33.5 Å². The van der Waals surface area contributed by atoms with E-state index in [4.69, 9.17) is 9.47 Å². The highest BCUT2D eigenvalue weighted by Crippen LogP contribution is 2.34. The van der Waals surface area contributed by atoms with Crippen LogP contribution in [0.2, 0.25) is 0 Å². The van der Waals surface area contributed by atoms with Crippen molar-refractivity contribution in [2.75, 3.05) is 18.7 Å². The Balaban J connectivity index is 1.39. The number of nitrogens with zero attached hydrogens (tertiary/aromatic N) is 1. The summed E-state index contributed by atoms with van der Waals surface area (Å²) >= 11 is 0. The zero-order chi connectivity index (χ0) is 18.1. The molecule has 2 aliphatic rings. The minimum absolute atomic E-state index is 0.113. The summed E-state index contributed by atoms with van der Waals surface area (Å²) in [4.78, 5) is 16.5. The lowest BCUT2D eigenvalue weighted by Crippen LogP contribution is -2.23. The molecule has 0 saturated carbocycles. The Kier molecular flexibility index (Phi) is 4.00. The summed E-state index contributed by atoms with van der Waals surface area (Å²) in [6.45, 7) is 0.324. The Hall–Kier alpha value is -3.07. The molecule has 0 radical (unpaired) electrons. The number of hydrogen-bond donors (Lipinski definition) is 2. The Morgan fingerprint density at radius 1 is 1.15 bits per heavy atom. The summed E-state index contributed by atoms with van der Waals surface area (Å²) in [5.41, 5.74) is 1.11. The van der Waals surface area contributed by atoms with Gasteiger partial charge in [-0.1, -0.05) is 12.1 Å². The number of anilines is 1. The van der Waals surface area contributed by atoms with Crippen molar-refractivity contribution in [3.05, 3.63) is 48.0 Å². The molecule has 9 heteroatoms. The first-order valence-corrected chi connectivity index (χ1v) is 9.37. The first-order valence-electron chi connectivity index (χ1n) is 7.89. The first kappa shape index (κ1) is 16.4. The molecule has 0 fully saturated rings. The minimum atomic E-state index is -3.57. The average Bonchev–Trinajstić information content (AvgIpc) is 3.17. The second-order valence-electron chi connectivity index (χ2n) is 5.70. The molecule has 0 spiro atoms. The molecule has 0 atom stereocenters. The fourth-order valence-electron chi connectivity index (χ4n) is 2.72. The summed E-state index contributed by atoms with van der Waals surface area (Å²) in [6.07, 6.45) is 0.113. The lowest BCUT2D eigenvalue weighted by molar-refractivity contribution is -0.116. The number of aliphatic imine (C=N–C) groups is 1. The maximum absolute atomic E-state index is 12.1. The smallest absolute Gasteiger partial charge is 0.263 e. The quantitative estimate of drug-likeness (QED) is 0.844. The van der Waals surface area contributed by atoms with E-state index in [1.807, 2.05) is 0 Å². The number of amidine groups is 1. The molecule has 0 unspecified atom stereocenters. The molecule has 134 valence electrons. The van der Waals surface area contributed by atoms with E-state index in [1.165, 1.54) is 6.07 Å². The van der Waals surface area contributed by atoms with Crippen LogP contribution >= 0.6 is 0 Å². The van der Waals surface area contributed by atoms with Gasteiger partial charge in [-0.15, -0.1) is 0 Å². The van der Waals surface area contributed by atoms with Gasteiger partial charge < -0.3 is 14.8 Å². The first-order chi connectivity index (χ1) is 12.5. The van der Waals surface area contributed by atoms with E-state index in [9.17, 15) is 13.2 Å². The van der Waals surface area contributed by atoms with Gasteiger partial charge in [-0.2, -0.15) is 0 Å². The van der Waals surface area contributed by atoms with Crippen molar-refractivity contribution in [2.45, 2.75) is 11.3 Å². The molecule has 0 saturated heterocycles. The van der Waals surface area contributed by atoms with Crippen LogP contribution in [0.5, 0.6) is 11.5 Å². The molecular formula is C17H15N3O5S. The van der Waals surface area contributed by atoms with Gasteiger partial charge in [-0.05, 0) is 24.3 Å². The summed E-state index contributed by atoms with van der Waals surface area (Å²) in [7, 11) is -3.57. The number of ether oxygens (including phenoxy) is 2. The van der Waals surface area contributed by atoms with Crippen molar-refractivity contribution in [1.82, 2.24) is 4.72 Å². The predicted molar refractivity (Wildman–Crippen MR) is 94.0 cm³/mol. The number of hydrogen-bond acceptors (Lipinski definition) is 6. The van der Waals surface area contributed by atoms with Crippen LogP contribution in [0, 0.1) is 0 Å². The summed E-state index contributed by atoms with van der Waals surface area (Å²) < 4.78 is 36.9. The summed E-state index contributed by atoms with van der Waals surface area (Å²) in [6, 6.07) is 11.7. The molecule has 2 heterocycles. The molecule has 2 aromatic carbocycles. The van der Waals surface area contributed by atoms with Crippen LogP contribution in [0.15, 0.2) is 52.4 Å². The maximum Gasteiger partial charge on any atom is 0.263 e. The number of benzene rings is 2. The van der Waals surface area contributed by atoms with Crippen molar-refractivity contribution in [1.29, 1.82) is 0 Å². The molecule has 2 aliphatic heterocycles. The molecule has 0 aromatic heterocycles. The van der Waals surface area contributed by atoms with Gasteiger partial charge in [0.15, 0.2) is 11.5 Å². The summed E-state index contributed by atoms with van der Waals surface area (Å²) in [5.74, 6) is 1.25. The van der Waals surface area contributed by atoms with Crippen molar-refractivity contribution < 1.29 is 22.7 Å². The monoisotopic (exact) mass is 373 g/mol. The highest BCUT2D eigenvalue weighted by Gasteiger charge is 2.29. The van der Waals surface area contributed by atoms with Gasteiger partial charge in [0.25, 0.3) is 10.0 Å². The predicted octanol–water partition coefficient (Wildman–Crippen LogP) is 1.48. The Morgan fingerprint density at radius 3 is 2.85 bits per heavy atom. The van der Waals surface area contributed by atoms with Crippen molar-refractivity contribution in [3.8, 4) is 11.5 Å².